The van der Waals surface area contributed by atoms with Gasteiger partial charge in [0.1, 0.15) is 0 Å². The van der Waals surface area contributed by atoms with E-state index in [9.17, 15) is 28.8 Å². The maximum absolute atomic E-state index is 12.8. The Hall–Kier alpha value is -4.58. The van der Waals surface area contributed by atoms with Crippen LogP contribution in [0.4, 0.5) is 9.59 Å². The number of nitrogens with one attached hydrogen (secondary N) is 8. The number of aromatic nitrogens is 2. The van der Waals surface area contributed by atoms with Gasteiger partial charge >= 0.3 is 12.1 Å². The first kappa shape index (κ1) is 39.1. The first-order valence-corrected chi connectivity index (χ1v) is 20.7. The van der Waals surface area contributed by atoms with Crippen LogP contribution in [0.2, 0.25) is 0 Å². The Morgan fingerprint density at radius 2 is 1.04 bits per heavy atom. The van der Waals surface area contributed by atoms with E-state index in [2.05, 4.69) is 52.5 Å². The molecule has 4 fully saturated rings. The normalized spacial score (nSPS) is 23.6. The highest BCUT2D eigenvalue weighted by Gasteiger charge is 2.43. The average Bonchev–Trinajstić information content (AvgIpc) is 3.94. The molecule has 0 radical (unpaired) electrons. The Balaban J connectivity index is 0.831. The predicted molar refractivity (Wildman–Crippen MR) is 206 cm³/mol. The van der Waals surface area contributed by atoms with E-state index in [4.69, 9.17) is 0 Å². The summed E-state index contributed by atoms with van der Waals surface area (Å²) in [6, 6.07) is 6.90. The molecule has 6 atom stereocenters. The molecule has 2 aromatic heterocycles. The quantitative estimate of drug-likeness (QED) is 0.0754. The number of hydrogen-bond acceptors (Lipinski definition) is 10. The van der Waals surface area contributed by atoms with Crippen molar-refractivity contribution >= 4 is 59.2 Å². The van der Waals surface area contributed by atoms with E-state index in [1.807, 2.05) is 23.5 Å². The minimum atomic E-state index is -0.327. The summed E-state index contributed by atoms with van der Waals surface area (Å²) in [6.07, 6.45) is 9.03. The van der Waals surface area contributed by atoms with E-state index >= 15 is 0 Å². The van der Waals surface area contributed by atoms with Gasteiger partial charge in [-0.05, 0) is 49.9 Å². The van der Waals surface area contributed by atoms with Gasteiger partial charge in [0, 0.05) is 84.5 Å². The molecule has 0 aliphatic carbocycles. The number of unbranched alkanes of at least 4 members (excludes halogenated alkanes) is 2. The number of carbonyl (C=O) groups excluding carboxylic acids is 6. The van der Waals surface area contributed by atoms with Crippen LogP contribution in [0.5, 0.6) is 0 Å². The molecule has 0 bridgehead atoms. The van der Waals surface area contributed by atoms with Crippen molar-refractivity contribution in [1.82, 2.24) is 52.5 Å². The van der Waals surface area contributed by atoms with Crippen molar-refractivity contribution in [3.05, 3.63) is 47.8 Å². The maximum atomic E-state index is 12.8. The van der Waals surface area contributed by atoms with Gasteiger partial charge in [-0.2, -0.15) is 23.5 Å². The Labute approximate surface area is 322 Å². The summed E-state index contributed by atoms with van der Waals surface area (Å²) in [7, 11) is 0. The fourth-order valence-electron chi connectivity index (χ4n) is 7.11. The molecular weight excluding hydrogens is 733 g/mol. The summed E-state index contributed by atoms with van der Waals surface area (Å²) < 4.78 is 0. The molecule has 6 heterocycles. The molecule has 18 heteroatoms. The number of pyridine rings is 2. The summed E-state index contributed by atoms with van der Waals surface area (Å²) in [5, 5.41) is 23.9. The number of hydrogen-bond donors (Lipinski definition) is 8. The second-order valence-electron chi connectivity index (χ2n) is 13.8. The largest absolute Gasteiger partial charge is 0.354 e. The van der Waals surface area contributed by atoms with Crippen molar-refractivity contribution in [2.45, 2.75) is 86.0 Å². The number of rotatable bonds is 19. The predicted octanol–water partition coefficient (Wildman–Crippen LogP) is 1.29. The van der Waals surface area contributed by atoms with Gasteiger partial charge in [-0.25, -0.2) is 9.59 Å². The standard InChI is InChI=1S/C36H48N10O6S2/c47-29(7-3-1-5-27-31-25(19-53-27)43-35(51)45-31)39-13-15-41-33(49)21-9-11-37-23(17-21)24-18-22(10-12-38-24)34(50)42-16-14-40-30(48)8-4-2-6-28-32-26(20-54-28)44-36(52)46-32/h9-12,17-18,25-28,31-32H,1-8,13-16,19-20H2,(H,39,47)(H,40,48)(H,41,49)(H,42,50)(H2,43,45,51)(H2,44,46,52)/t25-,26-,27-,28-,31-,32-/m0/s1. The van der Waals surface area contributed by atoms with E-state index < -0.39 is 0 Å². The van der Waals surface area contributed by atoms with Crippen molar-refractivity contribution in [1.29, 1.82) is 0 Å². The molecule has 6 rings (SSSR count). The van der Waals surface area contributed by atoms with Gasteiger partial charge in [0.25, 0.3) is 11.8 Å². The van der Waals surface area contributed by atoms with Crippen LogP contribution in [-0.2, 0) is 9.59 Å². The third-order valence-corrected chi connectivity index (χ3v) is 13.0. The van der Waals surface area contributed by atoms with Gasteiger partial charge in [-0.15, -0.1) is 0 Å². The summed E-state index contributed by atoms with van der Waals surface area (Å²) in [4.78, 5) is 82.0. The number of urea groups is 2. The highest BCUT2D eigenvalue weighted by molar-refractivity contribution is 8.00. The molecule has 8 N–H and O–H groups in total. The number of amides is 8. The van der Waals surface area contributed by atoms with E-state index in [1.165, 1.54) is 12.4 Å². The second kappa shape index (κ2) is 19.1. The van der Waals surface area contributed by atoms with Crippen molar-refractivity contribution in [3.63, 3.8) is 0 Å². The van der Waals surface area contributed by atoms with Crippen LogP contribution < -0.4 is 42.5 Å². The first-order valence-electron chi connectivity index (χ1n) is 18.6. The van der Waals surface area contributed by atoms with Gasteiger partial charge in [-0.3, -0.25) is 29.1 Å². The van der Waals surface area contributed by atoms with Crippen LogP contribution in [0, 0.1) is 0 Å². The molecule has 4 aliphatic heterocycles. The summed E-state index contributed by atoms with van der Waals surface area (Å²) in [5.74, 6) is 1.05. The van der Waals surface area contributed by atoms with E-state index in [0.29, 0.717) is 58.9 Å². The van der Waals surface area contributed by atoms with Crippen molar-refractivity contribution in [2.75, 3.05) is 37.7 Å². The highest BCUT2D eigenvalue weighted by atomic mass is 32.2. The van der Waals surface area contributed by atoms with Crippen LogP contribution in [0.3, 0.4) is 0 Å². The smallest absolute Gasteiger partial charge is 0.315 e. The molecule has 4 saturated heterocycles. The van der Waals surface area contributed by atoms with Crippen LogP contribution in [-0.4, -0.2) is 118 Å². The lowest BCUT2D eigenvalue weighted by atomic mass is 10.0. The van der Waals surface area contributed by atoms with Gasteiger partial charge in [-0.1, -0.05) is 12.8 Å². The first-order chi connectivity index (χ1) is 26.2. The monoisotopic (exact) mass is 780 g/mol. The minimum Gasteiger partial charge on any atom is -0.354 e. The lowest BCUT2D eigenvalue weighted by molar-refractivity contribution is -0.122. The van der Waals surface area contributed by atoms with Gasteiger partial charge in [0.15, 0.2) is 0 Å². The van der Waals surface area contributed by atoms with Crippen LogP contribution in [0.25, 0.3) is 11.4 Å². The molecule has 290 valence electrons. The molecule has 0 aromatic carbocycles. The highest BCUT2D eigenvalue weighted by Crippen LogP contribution is 2.34. The molecule has 8 amide bonds. The Morgan fingerprint density at radius 1 is 0.611 bits per heavy atom. The van der Waals surface area contributed by atoms with E-state index in [0.717, 1.165) is 50.0 Å². The van der Waals surface area contributed by atoms with Crippen LogP contribution in [0.1, 0.15) is 72.1 Å². The van der Waals surface area contributed by atoms with E-state index in [1.54, 1.807) is 24.3 Å². The van der Waals surface area contributed by atoms with Crippen molar-refractivity contribution < 1.29 is 28.8 Å². The number of fused-ring (bicyclic) bond motifs is 2. The molecule has 54 heavy (non-hydrogen) atoms. The molecule has 16 nitrogen and oxygen atoms in total. The fourth-order valence-corrected chi connectivity index (χ4v) is 10.2. The zero-order chi connectivity index (χ0) is 37.9. The van der Waals surface area contributed by atoms with Crippen molar-refractivity contribution in [3.8, 4) is 11.4 Å². The molecular formula is C36H48N10O6S2. The van der Waals surface area contributed by atoms with Crippen molar-refractivity contribution in [2.24, 2.45) is 0 Å². The SMILES string of the molecule is O=C(CCCC[C@@H]1SC[C@@H]2NC(=O)N[C@@H]21)NCCNC(=O)c1ccnc(-c2cc(C(=O)NCCNC(=O)CCCC[C@@H]3SC[C@@H]4NC(=O)N[C@@H]43)ccn2)c1. The molecule has 0 spiro atoms. The van der Waals surface area contributed by atoms with Gasteiger partial charge in [0.2, 0.25) is 11.8 Å². The molecule has 4 aliphatic rings. The summed E-state index contributed by atoms with van der Waals surface area (Å²) in [6.45, 7) is 1.11. The lowest BCUT2D eigenvalue weighted by Gasteiger charge is -2.16. The Morgan fingerprint density at radius 3 is 1.48 bits per heavy atom. The maximum Gasteiger partial charge on any atom is 0.315 e. The molecule has 0 saturated carbocycles. The zero-order valence-corrected chi connectivity index (χ0v) is 31.6. The Kier molecular flexibility index (Phi) is 13.9. The topological polar surface area (TPSA) is 224 Å². The van der Waals surface area contributed by atoms with E-state index in [-0.39, 0.29) is 72.9 Å². The van der Waals surface area contributed by atoms with Gasteiger partial charge < -0.3 is 42.5 Å². The average molecular weight is 781 g/mol. The summed E-state index contributed by atoms with van der Waals surface area (Å²) >= 11 is 3.73. The lowest BCUT2D eigenvalue weighted by Crippen LogP contribution is -2.36. The van der Waals surface area contributed by atoms with Gasteiger partial charge in [0.05, 0.1) is 35.6 Å². The van der Waals surface area contributed by atoms with Crippen LogP contribution in [0.15, 0.2) is 36.7 Å². The summed E-state index contributed by atoms with van der Waals surface area (Å²) in [5.41, 5.74) is 1.58. The molecule has 2 aromatic rings. The molecule has 0 unspecified atom stereocenters. The fraction of sp³-hybridized carbons (Fsp3) is 0.556. The zero-order valence-electron chi connectivity index (χ0n) is 30.0. The third kappa shape index (κ3) is 10.8. The number of nitrogens with zero attached hydrogens (tertiary/aromatic N) is 2. The number of carbonyl (C=O) groups is 6. The minimum absolute atomic E-state index is 0.0674. The third-order valence-electron chi connectivity index (χ3n) is 9.93. The second-order valence-corrected chi connectivity index (χ2v) is 16.4. The Bertz CT molecular complexity index is 1580. The van der Waals surface area contributed by atoms with Crippen LogP contribution >= 0.6 is 23.5 Å². The number of thioether (sulfide) groups is 2.